The lowest BCUT2D eigenvalue weighted by molar-refractivity contribution is 0.0255. The minimum Gasteiger partial charge on any atom is -0.485 e. The van der Waals surface area contributed by atoms with Crippen molar-refractivity contribution in [1.29, 1.82) is 0 Å². The van der Waals surface area contributed by atoms with Gasteiger partial charge in [-0.05, 0) is 13.8 Å². The molecule has 2 aromatic rings. The van der Waals surface area contributed by atoms with Crippen LogP contribution >= 0.6 is 0 Å². The molecule has 0 unspecified atom stereocenters. The number of hydrogen-bond donors (Lipinski definition) is 1. The third kappa shape index (κ3) is 4.68. The van der Waals surface area contributed by atoms with E-state index in [9.17, 15) is 13.2 Å². The molecular weight excluding hydrogens is 359 g/mol. The Balaban J connectivity index is 1.82. The van der Waals surface area contributed by atoms with E-state index < -0.39 is 23.8 Å². The number of rotatable bonds is 6. The van der Waals surface area contributed by atoms with Gasteiger partial charge in [-0.25, -0.2) is 23.1 Å². The Bertz CT molecular complexity index is 783. The van der Waals surface area contributed by atoms with Crippen LogP contribution in [0.4, 0.5) is 19.0 Å². The predicted molar refractivity (Wildman–Crippen MR) is 94.6 cm³/mol. The average Bonchev–Trinajstić information content (AvgIpc) is 2.64. The molecule has 27 heavy (non-hydrogen) atoms. The number of alkyl halides is 2. The molecule has 0 spiro atoms. The SMILES string of the molecule is Cc1ncc(OC2CCOCC2)c(N[C@H](C)c2cccc(C(F)F)c2F)n1. The number of anilines is 1. The summed E-state index contributed by atoms with van der Waals surface area (Å²) >= 11 is 0. The van der Waals surface area contributed by atoms with Gasteiger partial charge in [-0.2, -0.15) is 0 Å². The number of aromatic nitrogens is 2. The second-order valence-corrected chi connectivity index (χ2v) is 6.48. The Morgan fingerprint density at radius 2 is 1.93 bits per heavy atom. The Morgan fingerprint density at radius 3 is 2.63 bits per heavy atom. The Labute approximate surface area is 155 Å². The third-order valence-electron chi connectivity index (χ3n) is 4.45. The van der Waals surface area contributed by atoms with E-state index in [1.807, 2.05) is 0 Å². The van der Waals surface area contributed by atoms with Crippen LogP contribution in [0.3, 0.4) is 0 Å². The van der Waals surface area contributed by atoms with Crippen molar-refractivity contribution in [3.63, 3.8) is 0 Å². The topological polar surface area (TPSA) is 56.3 Å². The zero-order chi connectivity index (χ0) is 19.4. The van der Waals surface area contributed by atoms with E-state index >= 15 is 0 Å². The number of benzene rings is 1. The van der Waals surface area contributed by atoms with E-state index in [1.54, 1.807) is 20.0 Å². The van der Waals surface area contributed by atoms with Crippen LogP contribution in [0.25, 0.3) is 0 Å². The normalized spacial score (nSPS) is 16.4. The molecule has 5 nitrogen and oxygen atoms in total. The van der Waals surface area contributed by atoms with Gasteiger partial charge in [-0.15, -0.1) is 0 Å². The largest absolute Gasteiger partial charge is 0.485 e. The number of nitrogens with one attached hydrogen (secondary N) is 1. The van der Waals surface area contributed by atoms with Crippen molar-refractivity contribution in [3.8, 4) is 5.75 Å². The second kappa shape index (κ2) is 8.56. The fourth-order valence-corrected chi connectivity index (χ4v) is 2.98. The zero-order valence-electron chi connectivity index (χ0n) is 15.2. The third-order valence-corrected chi connectivity index (χ3v) is 4.45. The highest BCUT2D eigenvalue weighted by Gasteiger charge is 2.22. The summed E-state index contributed by atoms with van der Waals surface area (Å²) in [6.07, 6.45) is 0.200. The number of ether oxygens (including phenoxy) is 2. The first-order chi connectivity index (χ1) is 13.0. The lowest BCUT2D eigenvalue weighted by Crippen LogP contribution is -2.26. The van der Waals surface area contributed by atoms with Crippen LogP contribution in [0.5, 0.6) is 5.75 Å². The fourth-order valence-electron chi connectivity index (χ4n) is 2.98. The summed E-state index contributed by atoms with van der Waals surface area (Å²) in [5, 5.41) is 3.07. The molecule has 0 saturated carbocycles. The van der Waals surface area contributed by atoms with Gasteiger partial charge >= 0.3 is 0 Å². The van der Waals surface area contributed by atoms with Crippen LogP contribution in [0, 0.1) is 12.7 Å². The van der Waals surface area contributed by atoms with Crippen LogP contribution in [0.2, 0.25) is 0 Å². The minimum absolute atomic E-state index is 0.0141. The van der Waals surface area contributed by atoms with Crippen molar-refractivity contribution in [1.82, 2.24) is 9.97 Å². The van der Waals surface area contributed by atoms with Gasteiger partial charge in [0, 0.05) is 18.4 Å². The molecule has 3 rings (SSSR count). The quantitative estimate of drug-likeness (QED) is 0.793. The van der Waals surface area contributed by atoms with Gasteiger partial charge in [0.15, 0.2) is 11.6 Å². The summed E-state index contributed by atoms with van der Waals surface area (Å²) in [6.45, 7) is 4.67. The molecule has 2 heterocycles. The average molecular weight is 381 g/mol. The molecule has 0 radical (unpaired) electrons. The maximum Gasteiger partial charge on any atom is 0.266 e. The van der Waals surface area contributed by atoms with Crippen molar-refractivity contribution < 1.29 is 22.6 Å². The first kappa shape index (κ1) is 19.4. The number of hydrogen-bond acceptors (Lipinski definition) is 5. The molecule has 1 aromatic heterocycles. The molecule has 1 aliphatic rings. The smallest absolute Gasteiger partial charge is 0.266 e. The van der Waals surface area contributed by atoms with Crippen molar-refractivity contribution in [2.75, 3.05) is 18.5 Å². The van der Waals surface area contributed by atoms with Gasteiger partial charge < -0.3 is 14.8 Å². The number of halogens is 3. The molecule has 1 aromatic carbocycles. The van der Waals surface area contributed by atoms with Crippen molar-refractivity contribution in [2.24, 2.45) is 0 Å². The molecule has 0 bridgehead atoms. The molecule has 1 saturated heterocycles. The highest BCUT2D eigenvalue weighted by molar-refractivity contribution is 5.50. The lowest BCUT2D eigenvalue weighted by atomic mass is 10.0. The van der Waals surface area contributed by atoms with Gasteiger partial charge in [0.1, 0.15) is 17.7 Å². The summed E-state index contributed by atoms with van der Waals surface area (Å²) in [5.41, 5.74) is -0.472. The predicted octanol–water partition coefficient (Wildman–Crippen LogP) is 4.59. The summed E-state index contributed by atoms with van der Waals surface area (Å²) < 4.78 is 51.7. The Hall–Kier alpha value is -2.35. The maximum atomic E-state index is 14.4. The molecule has 0 amide bonds. The van der Waals surface area contributed by atoms with E-state index in [-0.39, 0.29) is 11.7 Å². The number of aryl methyl sites for hydroxylation is 1. The van der Waals surface area contributed by atoms with Gasteiger partial charge in [-0.1, -0.05) is 18.2 Å². The van der Waals surface area contributed by atoms with E-state index in [1.165, 1.54) is 12.1 Å². The van der Waals surface area contributed by atoms with Gasteiger partial charge in [0.25, 0.3) is 6.43 Å². The summed E-state index contributed by atoms with van der Waals surface area (Å²) in [5.74, 6) is 0.462. The number of nitrogens with zero attached hydrogens (tertiary/aromatic N) is 2. The highest BCUT2D eigenvalue weighted by Crippen LogP contribution is 2.31. The molecule has 8 heteroatoms. The molecular formula is C19H22F3N3O2. The molecule has 146 valence electrons. The minimum atomic E-state index is -2.87. The summed E-state index contributed by atoms with van der Waals surface area (Å²) in [4.78, 5) is 8.50. The first-order valence-electron chi connectivity index (χ1n) is 8.86. The molecule has 1 fully saturated rings. The second-order valence-electron chi connectivity index (χ2n) is 6.48. The van der Waals surface area contributed by atoms with Crippen LogP contribution in [0.1, 0.15) is 49.2 Å². The van der Waals surface area contributed by atoms with Crippen LogP contribution in [-0.2, 0) is 4.74 Å². The molecule has 1 aliphatic heterocycles. The Kier molecular flexibility index (Phi) is 6.15. The van der Waals surface area contributed by atoms with Gasteiger partial charge in [0.2, 0.25) is 0 Å². The van der Waals surface area contributed by atoms with Crippen LogP contribution in [0.15, 0.2) is 24.4 Å². The van der Waals surface area contributed by atoms with E-state index in [0.717, 1.165) is 18.9 Å². The van der Waals surface area contributed by atoms with Crippen LogP contribution in [-0.4, -0.2) is 29.3 Å². The van der Waals surface area contributed by atoms with Crippen molar-refractivity contribution in [2.45, 2.75) is 45.3 Å². The molecule has 1 N–H and O–H groups in total. The van der Waals surface area contributed by atoms with Crippen molar-refractivity contribution in [3.05, 3.63) is 47.2 Å². The van der Waals surface area contributed by atoms with Gasteiger partial charge in [-0.3, -0.25) is 0 Å². The van der Waals surface area contributed by atoms with E-state index in [2.05, 4.69) is 15.3 Å². The van der Waals surface area contributed by atoms with E-state index in [0.29, 0.717) is 30.6 Å². The first-order valence-corrected chi connectivity index (χ1v) is 8.86. The maximum absolute atomic E-state index is 14.4. The standard InChI is InChI=1S/C19H22F3N3O2/c1-11(14-4-3-5-15(17(14)20)18(21)22)24-19-16(10-23-12(2)25-19)27-13-6-8-26-9-7-13/h3-5,10-11,13,18H,6-9H2,1-2H3,(H,23,24,25)/t11-/m1/s1. The monoisotopic (exact) mass is 381 g/mol. The van der Waals surface area contributed by atoms with Gasteiger partial charge in [0.05, 0.1) is 31.0 Å². The van der Waals surface area contributed by atoms with E-state index in [4.69, 9.17) is 9.47 Å². The molecule has 0 aliphatic carbocycles. The Morgan fingerprint density at radius 1 is 1.22 bits per heavy atom. The summed E-state index contributed by atoms with van der Waals surface area (Å²) in [6, 6.07) is 3.40. The molecule has 1 atom stereocenters. The summed E-state index contributed by atoms with van der Waals surface area (Å²) in [7, 11) is 0. The highest BCUT2D eigenvalue weighted by atomic mass is 19.3. The zero-order valence-corrected chi connectivity index (χ0v) is 15.2. The van der Waals surface area contributed by atoms with Crippen molar-refractivity contribution >= 4 is 5.82 Å². The van der Waals surface area contributed by atoms with Crippen LogP contribution < -0.4 is 10.1 Å². The lowest BCUT2D eigenvalue weighted by Gasteiger charge is -2.25. The fraction of sp³-hybridized carbons (Fsp3) is 0.474.